The number of aryl methyl sites for hydroxylation is 2. The number of pyridine rings is 1. The third kappa shape index (κ3) is 9.55. The van der Waals surface area contributed by atoms with E-state index in [0.717, 1.165) is 39.8 Å². The van der Waals surface area contributed by atoms with Crippen LogP contribution in [0.15, 0.2) is 138 Å². The van der Waals surface area contributed by atoms with Gasteiger partial charge in [-0.05, 0) is 106 Å². The summed E-state index contributed by atoms with van der Waals surface area (Å²) in [6, 6.07) is 42.8. The summed E-state index contributed by atoms with van der Waals surface area (Å²) in [5.41, 5.74) is 10.6. The predicted octanol–water partition coefficient (Wildman–Crippen LogP) is 17.0. The fraction of sp³-hybridized carbons (Fsp3) is 0.200. The maximum Gasteiger partial charge on any atom is 0.136 e. The third-order valence-corrected chi connectivity index (χ3v) is 12.2. The number of benzene rings is 7. The maximum absolute atomic E-state index is 14.8. The molecule has 3 heterocycles. The molecule has 1 radical (unpaired) electrons. The second-order valence-corrected chi connectivity index (χ2v) is 18.6. The van der Waals surface area contributed by atoms with Crippen LogP contribution in [0.2, 0.25) is 0 Å². The summed E-state index contributed by atoms with van der Waals surface area (Å²) in [7, 11) is 0. The van der Waals surface area contributed by atoms with Gasteiger partial charge in [-0.15, -0.1) is 48.0 Å². The van der Waals surface area contributed by atoms with Crippen molar-refractivity contribution in [3.8, 4) is 50.6 Å². The van der Waals surface area contributed by atoms with Crippen LogP contribution in [0.3, 0.4) is 0 Å². The Hall–Kier alpha value is -6.67. The molecule has 0 saturated heterocycles. The minimum Gasteiger partial charge on any atom is -0.501 e. The Morgan fingerprint density at radius 2 is 1.36 bits per heavy atom. The van der Waals surface area contributed by atoms with Crippen molar-refractivity contribution in [3.05, 3.63) is 197 Å². The number of nitrogens with zero attached hydrogens (tertiary/aromatic N) is 3. The zero-order chi connectivity index (χ0) is 53.2. The van der Waals surface area contributed by atoms with Gasteiger partial charge in [0.05, 0.1) is 28.0 Å². The van der Waals surface area contributed by atoms with E-state index in [0.29, 0.717) is 40.3 Å². The molecule has 351 valence electrons. The molecule has 4 nitrogen and oxygen atoms in total. The monoisotopic (exact) mass is 1100 g/mol. The first-order valence-corrected chi connectivity index (χ1v) is 22.4. The number of rotatable bonds is 7. The van der Waals surface area contributed by atoms with Crippen molar-refractivity contribution in [2.75, 3.05) is 0 Å². The number of imidazole rings is 1. The standard InChI is InChI=1S/C47H40F3N2O.C13H11FN.Ir/c1-26(2)36-21-30(28-15-18-31(19-16-28)47(5,6)7)22-37(27(3)4)44(36)52-41-14-9-8-13-40(41)51-46(52)35-12-10-11-34-33-20-17-29(23-42(33)53-45(34)35)43-38(49)24-32(48)25-39(43)50;1-9-7-13(15-8-10(9)2)11-3-5-12(14)6-4-11;/h8-11,13-27H,1-7H3;3,5-8H,1-2H3;/q2*-1;/i;1D3,2D3;. The Morgan fingerprint density at radius 1 is 0.681 bits per heavy atom. The summed E-state index contributed by atoms with van der Waals surface area (Å²) < 4.78 is 110. The quantitative estimate of drug-likeness (QED) is 0.118. The van der Waals surface area contributed by atoms with Gasteiger partial charge in [0.2, 0.25) is 0 Å². The Morgan fingerprint density at radius 3 is 2.00 bits per heavy atom. The second-order valence-electron chi connectivity index (χ2n) is 18.6. The average molecular weight is 1100 g/mol. The molecule has 0 N–H and O–H groups in total. The molecule has 10 rings (SSSR count). The second kappa shape index (κ2) is 19.4. The zero-order valence-electron chi connectivity index (χ0n) is 45.0. The van der Waals surface area contributed by atoms with E-state index in [-0.39, 0.29) is 65.3 Å². The van der Waals surface area contributed by atoms with Crippen molar-refractivity contribution < 1.29 is 50.3 Å². The molecule has 0 unspecified atom stereocenters. The van der Waals surface area contributed by atoms with E-state index >= 15 is 0 Å². The van der Waals surface area contributed by atoms with E-state index in [4.69, 9.17) is 17.6 Å². The molecule has 0 aliphatic rings. The third-order valence-electron chi connectivity index (χ3n) is 12.2. The molecule has 0 saturated carbocycles. The van der Waals surface area contributed by atoms with Crippen molar-refractivity contribution in [1.29, 1.82) is 0 Å². The molecule has 7 aromatic carbocycles. The van der Waals surface area contributed by atoms with Crippen LogP contribution in [0.1, 0.15) is 96.3 Å². The summed E-state index contributed by atoms with van der Waals surface area (Å²) in [6.07, 6.45) is 1.03. The van der Waals surface area contributed by atoms with Crippen LogP contribution in [0.4, 0.5) is 17.6 Å². The number of hydrogen-bond donors (Lipinski definition) is 0. The zero-order valence-corrected chi connectivity index (χ0v) is 41.3. The van der Waals surface area contributed by atoms with Gasteiger partial charge >= 0.3 is 0 Å². The summed E-state index contributed by atoms with van der Waals surface area (Å²) >= 11 is 0. The molecule has 0 aliphatic carbocycles. The fourth-order valence-corrected chi connectivity index (χ4v) is 8.62. The first-order chi connectivity index (χ1) is 34.9. The van der Waals surface area contributed by atoms with Gasteiger partial charge in [-0.3, -0.25) is 9.37 Å². The van der Waals surface area contributed by atoms with Gasteiger partial charge in [-0.1, -0.05) is 120 Å². The molecule has 0 atom stereocenters. The van der Waals surface area contributed by atoms with Crippen LogP contribution in [0.5, 0.6) is 0 Å². The van der Waals surface area contributed by atoms with Crippen LogP contribution in [0, 0.1) is 49.1 Å². The van der Waals surface area contributed by atoms with Gasteiger partial charge in [-0.25, -0.2) is 13.2 Å². The number of furan rings is 1. The Labute approximate surface area is 422 Å². The van der Waals surface area contributed by atoms with Crippen LogP contribution in [-0.2, 0) is 25.5 Å². The van der Waals surface area contributed by atoms with Crippen LogP contribution < -0.4 is 0 Å². The molecular weight excluding hydrogens is 1050 g/mol. The minimum atomic E-state index is -2.58. The van der Waals surface area contributed by atoms with Crippen molar-refractivity contribution >= 4 is 33.0 Å². The predicted molar refractivity (Wildman–Crippen MR) is 268 cm³/mol. The Kier molecular flexibility index (Phi) is 11.6. The number of fused-ring (bicyclic) bond motifs is 4. The number of halogens is 4. The molecule has 69 heavy (non-hydrogen) atoms. The summed E-state index contributed by atoms with van der Waals surface area (Å²) in [5, 5.41) is 1.60. The maximum atomic E-state index is 14.8. The molecular formula is C60H51F4IrN3O-2. The molecule has 0 aliphatic heterocycles. The van der Waals surface area contributed by atoms with Crippen LogP contribution in [0.25, 0.3) is 83.6 Å². The number of aromatic nitrogens is 3. The van der Waals surface area contributed by atoms with Crippen molar-refractivity contribution in [3.63, 3.8) is 0 Å². The van der Waals surface area contributed by atoms with Crippen molar-refractivity contribution in [1.82, 2.24) is 14.5 Å². The van der Waals surface area contributed by atoms with E-state index in [1.54, 1.807) is 18.2 Å². The van der Waals surface area contributed by atoms with Gasteiger partial charge in [0.25, 0.3) is 0 Å². The minimum absolute atomic E-state index is 0. The summed E-state index contributed by atoms with van der Waals surface area (Å²) in [5.74, 6) is -2.36. The average Bonchev–Trinajstić information content (AvgIpc) is 3.91. The van der Waals surface area contributed by atoms with Gasteiger partial charge in [-0.2, -0.15) is 0 Å². The van der Waals surface area contributed by atoms with Gasteiger partial charge < -0.3 is 14.0 Å². The largest absolute Gasteiger partial charge is 0.501 e. The Bertz CT molecular complexity index is 3690. The van der Waals surface area contributed by atoms with E-state index in [2.05, 4.69) is 113 Å². The van der Waals surface area contributed by atoms with Gasteiger partial charge in [0.1, 0.15) is 23.0 Å². The topological polar surface area (TPSA) is 43.9 Å². The van der Waals surface area contributed by atoms with Gasteiger partial charge in [0, 0.05) is 63.6 Å². The normalized spacial score (nSPS) is 13.3. The van der Waals surface area contributed by atoms with Crippen LogP contribution in [-0.4, -0.2) is 14.5 Å². The fourth-order valence-electron chi connectivity index (χ4n) is 8.62. The smallest absolute Gasteiger partial charge is 0.136 e. The van der Waals surface area contributed by atoms with E-state index in [9.17, 15) is 17.6 Å². The Balaban J connectivity index is 0.000000286. The summed E-state index contributed by atoms with van der Waals surface area (Å²) in [4.78, 5) is 9.18. The van der Waals surface area contributed by atoms with E-state index < -0.39 is 37.0 Å². The number of para-hydroxylation sites is 2. The van der Waals surface area contributed by atoms with Crippen molar-refractivity contribution in [2.45, 2.75) is 79.4 Å². The van der Waals surface area contributed by atoms with Crippen molar-refractivity contribution in [2.24, 2.45) is 0 Å². The summed E-state index contributed by atoms with van der Waals surface area (Å²) in [6.45, 7) is 10.4. The van der Waals surface area contributed by atoms with Crippen LogP contribution >= 0.6 is 0 Å². The first kappa shape index (κ1) is 41.3. The first-order valence-electron chi connectivity index (χ1n) is 25.4. The number of hydrogen-bond acceptors (Lipinski definition) is 3. The van der Waals surface area contributed by atoms with E-state index in [1.807, 2.05) is 30.3 Å². The molecule has 0 fully saturated rings. The molecule has 3 aromatic heterocycles. The molecule has 10 aromatic rings. The molecule has 0 spiro atoms. The van der Waals surface area contributed by atoms with Gasteiger partial charge in [0.15, 0.2) is 0 Å². The SMILES string of the molecule is CC(C)c1cc(-c2ccc(C(C)(C)C)cc2)cc(C(C)C)c1-n1c(-c2[c-]ccc3c2oc2cc(-c4c(F)cc(F)cc4F)ccc23)nc2ccccc21.[2H]C([2H])([2H])c1cnc(-c2[c-]cc(F)cc2)cc1C([2H])([2H])[2H].[Ir]. The molecule has 0 bridgehead atoms. The molecule has 9 heteroatoms. The van der Waals surface area contributed by atoms with E-state index in [1.165, 1.54) is 46.0 Å². The molecule has 0 amide bonds.